The Labute approximate surface area is 176 Å². The fourth-order valence-electron chi connectivity index (χ4n) is 3.19. The molecule has 2 N–H and O–H groups in total. The van der Waals surface area contributed by atoms with E-state index in [9.17, 15) is 14.0 Å². The maximum absolute atomic E-state index is 13.9. The monoisotopic (exact) mass is 404 g/mol. The second-order valence-corrected chi connectivity index (χ2v) is 7.32. The third-order valence-electron chi connectivity index (χ3n) is 5.10. The Morgan fingerprint density at radius 1 is 0.933 bits per heavy atom. The highest BCUT2D eigenvalue weighted by Gasteiger charge is 2.14. The molecular weight excluding hydrogens is 379 g/mol. The zero-order chi connectivity index (χ0) is 21.5. The van der Waals surface area contributed by atoms with Crippen molar-refractivity contribution in [2.75, 3.05) is 11.9 Å². The average molecular weight is 404 g/mol. The number of halogens is 1. The number of hydrogen-bond acceptors (Lipinski definition) is 2. The zero-order valence-corrected chi connectivity index (χ0v) is 17.1. The van der Waals surface area contributed by atoms with Crippen LogP contribution >= 0.6 is 0 Å². The standard InChI is InChI=1S/C25H25FN2O2/c1-17(19-8-4-3-5-9-19)14-15-27-24(29)20-13-12-18(2)23(16-20)28-25(30)21-10-6-7-11-22(21)26/h3-13,16-17H,14-15H2,1-2H3,(H,27,29)(H,28,30). The molecule has 3 rings (SSSR count). The summed E-state index contributed by atoms with van der Waals surface area (Å²) in [5, 5.41) is 5.63. The lowest BCUT2D eigenvalue weighted by Crippen LogP contribution is -2.25. The number of aryl methyl sites for hydroxylation is 1. The lowest BCUT2D eigenvalue weighted by atomic mass is 9.98. The van der Waals surface area contributed by atoms with Crippen molar-refractivity contribution in [3.05, 3.63) is 101 Å². The van der Waals surface area contributed by atoms with Gasteiger partial charge in [-0.2, -0.15) is 0 Å². The van der Waals surface area contributed by atoms with Crippen LogP contribution in [0.4, 0.5) is 10.1 Å². The van der Waals surface area contributed by atoms with E-state index in [1.807, 2.05) is 25.1 Å². The predicted octanol–water partition coefficient (Wildman–Crippen LogP) is 5.31. The molecule has 0 saturated carbocycles. The molecule has 1 unspecified atom stereocenters. The Hall–Kier alpha value is -3.47. The molecule has 4 nitrogen and oxygen atoms in total. The molecule has 30 heavy (non-hydrogen) atoms. The Bertz CT molecular complexity index is 1030. The summed E-state index contributed by atoms with van der Waals surface area (Å²) in [4.78, 5) is 25.0. The van der Waals surface area contributed by atoms with Gasteiger partial charge in [0.05, 0.1) is 5.56 Å². The molecule has 1 atom stereocenters. The van der Waals surface area contributed by atoms with Gasteiger partial charge < -0.3 is 10.6 Å². The van der Waals surface area contributed by atoms with Crippen LogP contribution in [0.15, 0.2) is 72.8 Å². The summed E-state index contributed by atoms with van der Waals surface area (Å²) < 4.78 is 13.9. The molecule has 3 aromatic rings. The van der Waals surface area contributed by atoms with Crippen molar-refractivity contribution in [1.82, 2.24) is 5.32 Å². The number of amides is 2. The van der Waals surface area contributed by atoms with Crippen molar-refractivity contribution in [2.45, 2.75) is 26.2 Å². The van der Waals surface area contributed by atoms with Gasteiger partial charge in [-0.15, -0.1) is 0 Å². The largest absolute Gasteiger partial charge is 0.352 e. The van der Waals surface area contributed by atoms with Crippen LogP contribution in [0.5, 0.6) is 0 Å². The van der Waals surface area contributed by atoms with E-state index in [1.165, 1.54) is 23.8 Å². The Balaban J connectivity index is 1.62. The van der Waals surface area contributed by atoms with Crippen LogP contribution in [0.25, 0.3) is 0 Å². The summed E-state index contributed by atoms with van der Waals surface area (Å²) in [7, 11) is 0. The topological polar surface area (TPSA) is 58.2 Å². The first kappa shape index (κ1) is 21.2. The van der Waals surface area contributed by atoms with Crippen molar-refractivity contribution >= 4 is 17.5 Å². The van der Waals surface area contributed by atoms with Gasteiger partial charge in [-0.25, -0.2) is 4.39 Å². The van der Waals surface area contributed by atoms with Gasteiger partial charge in [0.15, 0.2) is 0 Å². The van der Waals surface area contributed by atoms with Gasteiger partial charge in [0.2, 0.25) is 0 Å². The molecule has 0 aliphatic carbocycles. The second kappa shape index (κ2) is 9.83. The molecule has 0 fully saturated rings. The van der Waals surface area contributed by atoms with Gasteiger partial charge in [0.25, 0.3) is 11.8 Å². The highest BCUT2D eigenvalue weighted by molar-refractivity contribution is 6.05. The molecule has 154 valence electrons. The molecule has 3 aromatic carbocycles. The molecule has 0 spiro atoms. The lowest BCUT2D eigenvalue weighted by molar-refractivity contribution is 0.0951. The number of benzene rings is 3. The average Bonchev–Trinajstić information content (AvgIpc) is 2.76. The molecule has 0 saturated heterocycles. The maximum atomic E-state index is 13.9. The minimum Gasteiger partial charge on any atom is -0.352 e. The van der Waals surface area contributed by atoms with Crippen LogP contribution < -0.4 is 10.6 Å². The van der Waals surface area contributed by atoms with Crippen molar-refractivity contribution in [3.8, 4) is 0 Å². The molecule has 0 aliphatic heterocycles. The number of anilines is 1. The molecule has 0 heterocycles. The van der Waals surface area contributed by atoms with Gasteiger partial charge in [0.1, 0.15) is 5.82 Å². The molecule has 5 heteroatoms. The summed E-state index contributed by atoms with van der Waals surface area (Å²) >= 11 is 0. The number of carbonyl (C=O) groups excluding carboxylic acids is 2. The van der Waals surface area contributed by atoms with Crippen LogP contribution in [0.1, 0.15) is 51.1 Å². The summed E-state index contributed by atoms with van der Waals surface area (Å²) in [6, 6.07) is 21.0. The fourth-order valence-corrected chi connectivity index (χ4v) is 3.19. The highest BCUT2D eigenvalue weighted by Crippen LogP contribution is 2.20. The van der Waals surface area contributed by atoms with E-state index in [1.54, 1.807) is 24.3 Å². The van der Waals surface area contributed by atoms with Gasteiger partial charge in [-0.1, -0.05) is 55.5 Å². The van der Waals surface area contributed by atoms with E-state index >= 15 is 0 Å². The van der Waals surface area contributed by atoms with Crippen LogP contribution in [-0.2, 0) is 0 Å². The third kappa shape index (κ3) is 5.32. The van der Waals surface area contributed by atoms with E-state index in [-0.39, 0.29) is 11.5 Å². The van der Waals surface area contributed by atoms with Crippen molar-refractivity contribution in [1.29, 1.82) is 0 Å². The van der Waals surface area contributed by atoms with Crippen molar-refractivity contribution < 1.29 is 14.0 Å². The molecular formula is C25H25FN2O2. The van der Waals surface area contributed by atoms with E-state index in [0.717, 1.165) is 12.0 Å². The highest BCUT2D eigenvalue weighted by atomic mass is 19.1. The van der Waals surface area contributed by atoms with Crippen LogP contribution in [0, 0.1) is 12.7 Å². The molecule has 0 bridgehead atoms. The summed E-state index contributed by atoms with van der Waals surface area (Å²) in [5.74, 6) is -1.02. The van der Waals surface area contributed by atoms with Crippen molar-refractivity contribution in [3.63, 3.8) is 0 Å². The number of nitrogens with one attached hydrogen (secondary N) is 2. The molecule has 0 radical (unpaired) electrons. The van der Waals surface area contributed by atoms with E-state index in [2.05, 4.69) is 29.7 Å². The Kier molecular flexibility index (Phi) is 6.96. The van der Waals surface area contributed by atoms with E-state index in [0.29, 0.717) is 23.7 Å². The second-order valence-electron chi connectivity index (χ2n) is 7.32. The normalized spacial score (nSPS) is 11.6. The summed E-state index contributed by atoms with van der Waals surface area (Å²) in [6.45, 7) is 4.49. The fraction of sp³-hybridized carbons (Fsp3) is 0.200. The third-order valence-corrected chi connectivity index (χ3v) is 5.10. The molecule has 0 aromatic heterocycles. The quantitative estimate of drug-likeness (QED) is 0.561. The SMILES string of the molecule is Cc1ccc(C(=O)NCCC(C)c2ccccc2)cc1NC(=O)c1ccccc1F. The lowest BCUT2D eigenvalue weighted by Gasteiger charge is -2.14. The number of hydrogen-bond donors (Lipinski definition) is 2. The molecule has 0 aliphatic rings. The first-order valence-electron chi connectivity index (χ1n) is 9.95. The van der Waals surface area contributed by atoms with Crippen molar-refractivity contribution in [2.24, 2.45) is 0 Å². The van der Waals surface area contributed by atoms with Crippen LogP contribution in [0.2, 0.25) is 0 Å². The van der Waals surface area contributed by atoms with Gasteiger partial charge in [-0.3, -0.25) is 9.59 Å². The minimum atomic E-state index is -0.589. The van der Waals surface area contributed by atoms with Gasteiger partial charge >= 0.3 is 0 Å². The predicted molar refractivity (Wildman–Crippen MR) is 117 cm³/mol. The van der Waals surface area contributed by atoms with E-state index in [4.69, 9.17) is 0 Å². The zero-order valence-electron chi connectivity index (χ0n) is 17.1. The molecule has 2 amide bonds. The van der Waals surface area contributed by atoms with Crippen LogP contribution in [0.3, 0.4) is 0 Å². The van der Waals surface area contributed by atoms with Crippen LogP contribution in [-0.4, -0.2) is 18.4 Å². The van der Waals surface area contributed by atoms with E-state index < -0.39 is 11.7 Å². The van der Waals surface area contributed by atoms with Gasteiger partial charge in [0, 0.05) is 17.8 Å². The number of rotatable bonds is 7. The first-order chi connectivity index (χ1) is 14.5. The minimum absolute atomic E-state index is 0.0401. The van der Waals surface area contributed by atoms with Gasteiger partial charge in [-0.05, 0) is 54.7 Å². The summed E-state index contributed by atoms with van der Waals surface area (Å²) in [5.41, 5.74) is 2.90. The number of carbonyl (C=O) groups is 2. The Morgan fingerprint density at radius 3 is 2.37 bits per heavy atom. The smallest absolute Gasteiger partial charge is 0.258 e. The first-order valence-corrected chi connectivity index (χ1v) is 9.95. The summed E-state index contributed by atoms with van der Waals surface area (Å²) in [6.07, 6.45) is 0.818. The maximum Gasteiger partial charge on any atom is 0.258 e. The Morgan fingerprint density at radius 2 is 1.63 bits per heavy atom.